The highest BCUT2D eigenvalue weighted by atomic mass is 32.2. The second-order valence-corrected chi connectivity index (χ2v) is 10.2. The molecule has 1 fully saturated rings. The molecule has 9 heteroatoms. The van der Waals surface area contributed by atoms with Gasteiger partial charge in [-0.25, -0.2) is 26.7 Å². The van der Waals surface area contributed by atoms with Crippen LogP contribution in [-0.4, -0.2) is 23.5 Å². The first-order chi connectivity index (χ1) is 15.2. The Morgan fingerprint density at radius 1 is 1.09 bits per heavy atom. The van der Waals surface area contributed by atoms with Gasteiger partial charge in [0.2, 0.25) is 10.0 Å². The number of hydrogen-bond acceptors (Lipinski definition) is 4. The lowest BCUT2D eigenvalue weighted by molar-refractivity contribution is 0.231. The number of hydrogen-bond donors (Lipinski definition) is 0. The molecule has 1 aromatic heterocycles. The number of benzene rings is 2. The number of nitrogens with zero attached hydrogens (tertiary/aromatic N) is 2. The third-order valence-electron chi connectivity index (χ3n) is 6.07. The molecule has 0 aliphatic carbocycles. The first kappa shape index (κ1) is 22.4. The quantitative estimate of drug-likeness (QED) is 0.564. The lowest BCUT2D eigenvalue weighted by Crippen LogP contribution is -2.44. The fraction of sp³-hybridized carbons (Fsp3) is 0.348. The third-order valence-corrected chi connectivity index (χ3v) is 8.44. The molecular formula is C23H24F2N2O4S. The Kier molecular flexibility index (Phi) is 6.05. The summed E-state index contributed by atoms with van der Waals surface area (Å²) in [6.07, 6.45) is 2.44. The predicted molar refractivity (Wildman–Crippen MR) is 115 cm³/mol. The van der Waals surface area contributed by atoms with Crippen LogP contribution in [-0.2, 0) is 16.6 Å². The van der Waals surface area contributed by atoms with E-state index < -0.39 is 38.6 Å². The van der Waals surface area contributed by atoms with E-state index >= 15 is 0 Å². The van der Waals surface area contributed by atoms with E-state index in [9.17, 15) is 22.0 Å². The maximum absolute atomic E-state index is 15.0. The summed E-state index contributed by atoms with van der Waals surface area (Å²) in [6, 6.07) is 11.1. The second-order valence-electron chi connectivity index (χ2n) is 8.14. The Bertz CT molecular complexity index is 1270. The number of rotatable bonds is 5. The van der Waals surface area contributed by atoms with Crippen LogP contribution in [0, 0.1) is 11.6 Å². The van der Waals surface area contributed by atoms with E-state index in [0.29, 0.717) is 18.4 Å². The molecule has 6 nitrogen and oxygen atoms in total. The predicted octanol–water partition coefficient (Wildman–Crippen LogP) is 4.38. The first-order valence-electron chi connectivity index (χ1n) is 10.4. The summed E-state index contributed by atoms with van der Waals surface area (Å²) in [7, 11) is -3.77. The normalized spacial score (nSPS) is 22.0. The van der Waals surface area contributed by atoms with E-state index in [4.69, 9.17) is 4.52 Å². The lowest BCUT2D eigenvalue weighted by atomic mass is 10.0. The van der Waals surface area contributed by atoms with Gasteiger partial charge in [-0.05, 0) is 44.4 Å². The zero-order valence-corrected chi connectivity index (χ0v) is 18.6. The Balaban J connectivity index is 1.64. The molecule has 4 rings (SSSR count). The highest BCUT2D eigenvalue weighted by molar-refractivity contribution is 7.89. The van der Waals surface area contributed by atoms with Crippen molar-refractivity contribution in [3.8, 4) is 0 Å². The smallest absolute Gasteiger partial charge is 0.336 e. The van der Waals surface area contributed by atoms with Crippen LogP contribution in [0.3, 0.4) is 0 Å². The topological polar surface area (TPSA) is 72.5 Å². The molecule has 3 atom stereocenters. The zero-order chi connectivity index (χ0) is 23.0. The van der Waals surface area contributed by atoms with Crippen LogP contribution >= 0.6 is 0 Å². The fourth-order valence-corrected chi connectivity index (χ4v) is 6.40. The first-order valence-corrected chi connectivity index (χ1v) is 11.9. The summed E-state index contributed by atoms with van der Waals surface area (Å²) in [6.45, 7) is 3.09. The van der Waals surface area contributed by atoms with Crippen molar-refractivity contribution in [3.63, 3.8) is 0 Å². The monoisotopic (exact) mass is 462 g/mol. The van der Waals surface area contributed by atoms with Crippen LogP contribution in [0.4, 0.5) is 8.78 Å². The summed E-state index contributed by atoms with van der Waals surface area (Å²) in [5, 5.41) is -0.719. The van der Waals surface area contributed by atoms with Gasteiger partial charge in [-0.1, -0.05) is 30.3 Å². The van der Waals surface area contributed by atoms with Crippen molar-refractivity contribution in [1.82, 2.24) is 9.05 Å². The molecule has 0 saturated carbocycles. The molecule has 0 bridgehead atoms. The van der Waals surface area contributed by atoms with E-state index in [2.05, 4.69) is 0 Å². The zero-order valence-electron chi connectivity index (χ0n) is 17.7. The largest absolute Gasteiger partial charge is 0.357 e. The van der Waals surface area contributed by atoms with Crippen LogP contribution < -0.4 is 5.63 Å². The molecule has 32 heavy (non-hydrogen) atoms. The molecule has 2 aromatic carbocycles. The van der Waals surface area contributed by atoms with Gasteiger partial charge < -0.3 is 4.52 Å². The molecule has 0 N–H and O–H groups in total. The third kappa shape index (κ3) is 4.14. The van der Waals surface area contributed by atoms with Gasteiger partial charge in [0.05, 0.1) is 6.04 Å². The van der Waals surface area contributed by atoms with Crippen LogP contribution in [0.2, 0.25) is 0 Å². The standard InChI is InChI=1S/C23H24F2N2O4S/c1-15-8-9-22(17-6-4-3-5-7-17)32(29,30)27(15)14-18-12-21(25)19(13-20(18)24)16(2)26-11-10-23(28)31-26/h3-7,10-13,15-16,22H,8-9,14H2,1-2H3/t15-,16?,22+/m0/s1. The molecule has 0 spiro atoms. The van der Waals surface area contributed by atoms with E-state index in [1.54, 1.807) is 38.1 Å². The van der Waals surface area contributed by atoms with Crippen molar-refractivity contribution >= 4 is 10.0 Å². The van der Waals surface area contributed by atoms with E-state index in [0.717, 1.165) is 16.9 Å². The van der Waals surface area contributed by atoms with Crippen molar-refractivity contribution in [1.29, 1.82) is 0 Å². The Morgan fingerprint density at radius 3 is 2.47 bits per heavy atom. The Morgan fingerprint density at radius 2 is 1.81 bits per heavy atom. The molecule has 2 heterocycles. The molecule has 170 valence electrons. The van der Waals surface area contributed by atoms with Crippen LogP contribution in [0.25, 0.3) is 0 Å². The summed E-state index contributed by atoms with van der Waals surface area (Å²) in [5.74, 6) is -1.42. The maximum Gasteiger partial charge on any atom is 0.357 e. The Labute approximate surface area is 185 Å². The summed E-state index contributed by atoms with van der Waals surface area (Å²) >= 11 is 0. The van der Waals surface area contributed by atoms with Gasteiger partial charge in [-0.3, -0.25) is 0 Å². The number of aromatic nitrogens is 1. The van der Waals surface area contributed by atoms with Gasteiger partial charge in [-0.15, -0.1) is 0 Å². The lowest BCUT2D eigenvalue weighted by Gasteiger charge is -2.37. The molecule has 0 amide bonds. The summed E-state index contributed by atoms with van der Waals surface area (Å²) in [5.41, 5.74) is 0.0545. The van der Waals surface area contributed by atoms with Gasteiger partial charge in [0.1, 0.15) is 16.9 Å². The molecule has 1 unspecified atom stereocenters. The van der Waals surface area contributed by atoms with Gasteiger partial charge in [0.25, 0.3) is 0 Å². The minimum Gasteiger partial charge on any atom is -0.336 e. The van der Waals surface area contributed by atoms with Crippen molar-refractivity contribution in [3.05, 3.63) is 93.5 Å². The minimum absolute atomic E-state index is 0.00214. The molecule has 1 saturated heterocycles. The fourth-order valence-electron chi connectivity index (χ4n) is 4.21. The molecular weight excluding hydrogens is 438 g/mol. The van der Waals surface area contributed by atoms with Crippen LogP contribution in [0.1, 0.15) is 54.7 Å². The minimum atomic E-state index is -3.77. The average Bonchev–Trinajstić information content (AvgIpc) is 3.19. The highest BCUT2D eigenvalue weighted by Gasteiger charge is 2.40. The molecule has 1 aliphatic rings. The highest BCUT2D eigenvalue weighted by Crippen LogP contribution is 2.38. The van der Waals surface area contributed by atoms with Gasteiger partial charge in [0, 0.05) is 36.0 Å². The maximum atomic E-state index is 15.0. The van der Waals surface area contributed by atoms with Crippen molar-refractivity contribution in [2.24, 2.45) is 0 Å². The van der Waals surface area contributed by atoms with Gasteiger partial charge in [0.15, 0.2) is 0 Å². The molecule has 3 aromatic rings. The van der Waals surface area contributed by atoms with Crippen LogP contribution in [0.15, 0.2) is 64.0 Å². The summed E-state index contributed by atoms with van der Waals surface area (Å²) < 4.78 is 63.9. The Hall–Kier alpha value is -2.78. The number of halogens is 2. The molecule has 1 aliphatic heterocycles. The van der Waals surface area contributed by atoms with Gasteiger partial charge >= 0.3 is 5.63 Å². The molecule has 0 radical (unpaired) electrons. The SMILES string of the molecule is CC(c1cc(F)c(CN2[C@@H](C)CC[C@H](c3ccccc3)S2(=O)=O)cc1F)n1ccc(=O)o1. The summed E-state index contributed by atoms with van der Waals surface area (Å²) in [4.78, 5) is 11.3. The number of sulfonamides is 1. The van der Waals surface area contributed by atoms with E-state index in [1.807, 2.05) is 6.07 Å². The van der Waals surface area contributed by atoms with Crippen molar-refractivity contribution < 1.29 is 21.7 Å². The van der Waals surface area contributed by atoms with E-state index in [-0.39, 0.29) is 23.7 Å². The van der Waals surface area contributed by atoms with E-state index in [1.165, 1.54) is 16.6 Å². The van der Waals surface area contributed by atoms with Crippen LogP contribution in [0.5, 0.6) is 0 Å². The average molecular weight is 463 g/mol. The van der Waals surface area contributed by atoms with Gasteiger partial charge in [-0.2, -0.15) is 4.31 Å². The second kappa shape index (κ2) is 8.63. The van der Waals surface area contributed by atoms with Crippen molar-refractivity contribution in [2.75, 3.05) is 0 Å². The van der Waals surface area contributed by atoms with Crippen molar-refractivity contribution in [2.45, 2.75) is 50.6 Å².